The van der Waals surface area contributed by atoms with Gasteiger partial charge in [-0.15, -0.1) is 21.8 Å². The van der Waals surface area contributed by atoms with Gasteiger partial charge in [-0.1, -0.05) is 0 Å². The van der Waals surface area contributed by atoms with Crippen molar-refractivity contribution in [1.29, 1.82) is 0 Å². The van der Waals surface area contributed by atoms with Crippen LogP contribution in [0.2, 0.25) is 0 Å². The molecule has 0 aliphatic carbocycles. The molecule has 2 aromatic rings. The quantitative estimate of drug-likeness (QED) is 0.580. The van der Waals surface area contributed by atoms with Crippen molar-refractivity contribution >= 4 is 17.4 Å². The van der Waals surface area contributed by atoms with Crippen LogP contribution in [0.15, 0.2) is 12.5 Å². The van der Waals surface area contributed by atoms with Gasteiger partial charge in [-0.3, -0.25) is 4.57 Å². The molecule has 1 atom stereocenters. The third-order valence-electron chi connectivity index (χ3n) is 3.76. The topological polar surface area (TPSA) is 59.7 Å². The fourth-order valence-corrected chi connectivity index (χ4v) is 2.85. The second kappa shape index (κ2) is 6.56. The SMILES string of the molecule is FC(F)(F)CCN1c2nc(CCl)ncc2-n2cnnc2C1CC(F)(F)F. The lowest BCUT2D eigenvalue weighted by atomic mass is 10.1. The number of aromatic nitrogens is 5. The van der Waals surface area contributed by atoms with Crippen LogP contribution in [0, 0.1) is 0 Å². The van der Waals surface area contributed by atoms with Crippen molar-refractivity contribution in [2.75, 3.05) is 11.4 Å². The van der Waals surface area contributed by atoms with Crippen LogP contribution in [0.1, 0.15) is 30.5 Å². The molecule has 1 unspecified atom stereocenters. The molecule has 3 heterocycles. The van der Waals surface area contributed by atoms with Crippen LogP contribution in [0.3, 0.4) is 0 Å². The number of nitrogens with zero attached hydrogens (tertiary/aromatic N) is 6. The zero-order chi connectivity index (χ0) is 19.1. The normalized spacial score (nSPS) is 17.2. The standard InChI is InChI=1S/C13H11ClF6N6/c14-4-9-21-5-8-10(23-9)25(2-1-12(15,16)17)7(3-13(18,19)20)11-24-22-6-26(8)11/h5-7H,1-4H2. The Morgan fingerprint density at radius 3 is 2.46 bits per heavy atom. The van der Waals surface area contributed by atoms with Gasteiger partial charge in [0, 0.05) is 6.54 Å². The summed E-state index contributed by atoms with van der Waals surface area (Å²) in [5, 5.41) is 7.25. The summed E-state index contributed by atoms with van der Waals surface area (Å²) in [6.45, 7) is -0.719. The lowest BCUT2D eigenvalue weighted by Crippen LogP contribution is -2.40. The van der Waals surface area contributed by atoms with E-state index in [1.807, 2.05) is 0 Å². The highest BCUT2D eigenvalue weighted by molar-refractivity contribution is 6.16. The van der Waals surface area contributed by atoms with Crippen LogP contribution in [0.4, 0.5) is 32.2 Å². The van der Waals surface area contributed by atoms with Gasteiger partial charge in [0.1, 0.15) is 17.8 Å². The van der Waals surface area contributed by atoms with E-state index in [4.69, 9.17) is 11.6 Å². The highest BCUT2D eigenvalue weighted by Crippen LogP contribution is 2.42. The van der Waals surface area contributed by atoms with Gasteiger partial charge in [0.15, 0.2) is 11.6 Å². The minimum Gasteiger partial charge on any atom is -0.344 e. The van der Waals surface area contributed by atoms with E-state index in [0.29, 0.717) is 0 Å². The molecule has 142 valence electrons. The van der Waals surface area contributed by atoms with Crippen molar-refractivity contribution in [2.45, 2.75) is 37.1 Å². The number of fused-ring (bicyclic) bond motifs is 3. The molecule has 3 rings (SSSR count). The Labute approximate surface area is 147 Å². The van der Waals surface area contributed by atoms with Gasteiger partial charge in [-0.25, -0.2) is 9.97 Å². The van der Waals surface area contributed by atoms with E-state index in [9.17, 15) is 26.3 Å². The third-order valence-corrected chi connectivity index (χ3v) is 4.00. The summed E-state index contributed by atoms with van der Waals surface area (Å²) in [6, 6.07) is -1.49. The minimum atomic E-state index is -4.63. The maximum Gasteiger partial charge on any atom is 0.391 e. The van der Waals surface area contributed by atoms with Crippen molar-refractivity contribution in [1.82, 2.24) is 24.7 Å². The molecule has 6 nitrogen and oxygen atoms in total. The van der Waals surface area contributed by atoms with E-state index in [1.165, 1.54) is 17.1 Å². The Bertz CT molecular complexity index is 788. The molecular formula is C13H11ClF6N6. The molecule has 13 heteroatoms. The predicted molar refractivity (Wildman–Crippen MR) is 77.9 cm³/mol. The van der Waals surface area contributed by atoms with Crippen molar-refractivity contribution in [2.24, 2.45) is 0 Å². The maximum absolute atomic E-state index is 13.0. The Morgan fingerprint density at radius 2 is 1.85 bits per heavy atom. The van der Waals surface area contributed by atoms with Crippen LogP contribution in [0.25, 0.3) is 5.69 Å². The summed E-state index contributed by atoms with van der Waals surface area (Å²) in [7, 11) is 0. The first-order valence-corrected chi connectivity index (χ1v) is 7.85. The number of halogens is 7. The van der Waals surface area contributed by atoms with E-state index in [-0.39, 0.29) is 29.0 Å². The number of anilines is 1. The zero-order valence-electron chi connectivity index (χ0n) is 12.9. The molecule has 2 aromatic heterocycles. The monoisotopic (exact) mass is 400 g/mol. The summed E-state index contributed by atoms with van der Waals surface area (Å²) >= 11 is 5.65. The average Bonchev–Trinajstić information content (AvgIpc) is 3.01. The summed E-state index contributed by atoms with van der Waals surface area (Å²) in [5.41, 5.74) is 0.194. The second-order valence-corrected chi connectivity index (χ2v) is 5.85. The molecule has 0 N–H and O–H groups in total. The minimum absolute atomic E-state index is 0.0681. The van der Waals surface area contributed by atoms with E-state index >= 15 is 0 Å². The number of alkyl halides is 7. The molecule has 0 bridgehead atoms. The zero-order valence-corrected chi connectivity index (χ0v) is 13.6. The first kappa shape index (κ1) is 18.7. The molecule has 0 saturated heterocycles. The lowest BCUT2D eigenvalue weighted by molar-refractivity contribution is -0.141. The molecule has 1 aliphatic heterocycles. The van der Waals surface area contributed by atoms with E-state index in [1.54, 1.807) is 0 Å². The molecule has 0 amide bonds. The molecule has 0 fully saturated rings. The maximum atomic E-state index is 13.0. The van der Waals surface area contributed by atoms with Gasteiger partial charge in [0.25, 0.3) is 0 Å². The average molecular weight is 401 g/mol. The highest BCUT2D eigenvalue weighted by atomic mass is 35.5. The van der Waals surface area contributed by atoms with Crippen molar-refractivity contribution in [3.63, 3.8) is 0 Å². The van der Waals surface area contributed by atoms with Gasteiger partial charge in [-0.2, -0.15) is 26.3 Å². The Kier molecular flexibility index (Phi) is 4.71. The van der Waals surface area contributed by atoms with Gasteiger partial charge >= 0.3 is 12.4 Å². The van der Waals surface area contributed by atoms with Crippen LogP contribution in [-0.4, -0.2) is 43.6 Å². The third kappa shape index (κ3) is 3.84. The van der Waals surface area contributed by atoms with Gasteiger partial charge < -0.3 is 4.90 Å². The number of rotatable bonds is 4. The number of hydrogen-bond acceptors (Lipinski definition) is 5. The van der Waals surface area contributed by atoms with Crippen LogP contribution < -0.4 is 4.90 Å². The summed E-state index contributed by atoms with van der Waals surface area (Å²) in [6.07, 6.45) is -9.44. The fraction of sp³-hybridized carbons (Fsp3) is 0.538. The van der Waals surface area contributed by atoms with Gasteiger partial charge in [-0.05, 0) is 0 Å². The molecule has 0 spiro atoms. The van der Waals surface area contributed by atoms with E-state index in [2.05, 4.69) is 20.2 Å². The second-order valence-electron chi connectivity index (χ2n) is 5.58. The van der Waals surface area contributed by atoms with Crippen molar-refractivity contribution in [3.8, 4) is 5.69 Å². The van der Waals surface area contributed by atoms with Crippen LogP contribution in [-0.2, 0) is 5.88 Å². The Morgan fingerprint density at radius 1 is 1.12 bits per heavy atom. The van der Waals surface area contributed by atoms with Gasteiger partial charge in [0.05, 0.1) is 31.0 Å². The highest BCUT2D eigenvalue weighted by Gasteiger charge is 2.43. The Balaban J connectivity index is 2.10. The largest absolute Gasteiger partial charge is 0.391 e. The predicted octanol–water partition coefficient (Wildman–Crippen LogP) is 3.56. The first-order valence-electron chi connectivity index (χ1n) is 7.31. The fourth-order valence-electron chi connectivity index (χ4n) is 2.72. The molecular weight excluding hydrogens is 390 g/mol. The van der Waals surface area contributed by atoms with Crippen molar-refractivity contribution in [3.05, 3.63) is 24.2 Å². The van der Waals surface area contributed by atoms with Crippen molar-refractivity contribution < 1.29 is 26.3 Å². The molecule has 0 saturated carbocycles. The summed E-state index contributed by atoms with van der Waals surface area (Å²) in [5.74, 6) is -0.246. The summed E-state index contributed by atoms with van der Waals surface area (Å²) in [4.78, 5) is 8.93. The first-order chi connectivity index (χ1) is 12.1. The smallest absolute Gasteiger partial charge is 0.344 e. The lowest BCUT2D eigenvalue weighted by Gasteiger charge is -2.37. The van der Waals surface area contributed by atoms with Crippen LogP contribution in [0.5, 0.6) is 0 Å². The molecule has 26 heavy (non-hydrogen) atoms. The Hall–Kier alpha value is -2.11. The summed E-state index contributed by atoms with van der Waals surface area (Å²) < 4.78 is 78.5. The molecule has 0 radical (unpaired) electrons. The van der Waals surface area contributed by atoms with E-state index < -0.39 is 37.8 Å². The number of hydrogen-bond donors (Lipinski definition) is 0. The molecule has 0 aromatic carbocycles. The van der Waals surface area contributed by atoms with E-state index in [0.717, 1.165) is 4.90 Å². The van der Waals surface area contributed by atoms with Gasteiger partial charge in [0.2, 0.25) is 0 Å². The molecule has 1 aliphatic rings. The van der Waals surface area contributed by atoms with Crippen LogP contribution >= 0.6 is 11.6 Å².